The average molecular weight is 343 g/mol. The van der Waals surface area contributed by atoms with Crippen LogP contribution in [-0.4, -0.2) is 36.4 Å². The number of hydrogen-bond donors (Lipinski definition) is 2. The molecule has 0 bridgehead atoms. The Morgan fingerprint density at radius 1 is 1.59 bits per heavy atom. The molecule has 0 saturated heterocycles. The number of aromatic nitrogens is 3. The smallest absolute Gasteiger partial charge is 0.317 e. The minimum atomic E-state index is -0.944. The third-order valence-electron chi connectivity index (χ3n) is 2.78. The SMILES string of the molecule is CCC(Sc1n[nH]c(-c2ccc(Cl)c([N+](=O)[O-])c2)n1)C(=O)O. The number of thioether (sulfide) groups is 1. The molecule has 10 heteroatoms. The van der Waals surface area contributed by atoms with Crippen molar-refractivity contribution in [2.45, 2.75) is 23.8 Å². The van der Waals surface area contributed by atoms with Gasteiger partial charge in [-0.25, -0.2) is 4.98 Å². The van der Waals surface area contributed by atoms with E-state index in [1.807, 2.05) is 0 Å². The Kier molecular flexibility index (Phi) is 4.99. The van der Waals surface area contributed by atoms with Gasteiger partial charge in [-0.2, -0.15) is 0 Å². The van der Waals surface area contributed by atoms with Crippen LogP contribution in [0, 0.1) is 10.1 Å². The number of carboxylic acid groups (broad SMARTS) is 1. The normalized spacial score (nSPS) is 12.1. The highest BCUT2D eigenvalue weighted by Crippen LogP contribution is 2.30. The third kappa shape index (κ3) is 3.55. The molecule has 0 fully saturated rings. The molecule has 1 aromatic heterocycles. The van der Waals surface area contributed by atoms with Gasteiger partial charge < -0.3 is 5.11 Å². The third-order valence-corrected chi connectivity index (χ3v) is 4.31. The first-order chi connectivity index (χ1) is 10.4. The number of benzene rings is 1. The zero-order chi connectivity index (χ0) is 16.3. The van der Waals surface area contributed by atoms with E-state index in [9.17, 15) is 14.9 Å². The predicted molar refractivity (Wildman–Crippen MR) is 81.1 cm³/mol. The van der Waals surface area contributed by atoms with E-state index in [4.69, 9.17) is 16.7 Å². The van der Waals surface area contributed by atoms with Crippen LogP contribution in [0.1, 0.15) is 13.3 Å². The maximum atomic E-state index is 11.0. The van der Waals surface area contributed by atoms with Gasteiger partial charge in [-0.05, 0) is 18.6 Å². The molecule has 0 radical (unpaired) electrons. The second-order valence-corrected chi connectivity index (χ2v) is 5.82. The van der Waals surface area contributed by atoms with E-state index in [1.165, 1.54) is 12.1 Å². The van der Waals surface area contributed by atoms with Crippen molar-refractivity contribution in [1.29, 1.82) is 0 Å². The molecule has 116 valence electrons. The minimum absolute atomic E-state index is 0.0276. The fourth-order valence-corrected chi connectivity index (χ4v) is 2.61. The molecular weight excluding hydrogens is 332 g/mol. The lowest BCUT2D eigenvalue weighted by Gasteiger charge is -2.04. The molecule has 22 heavy (non-hydrogen) atoms. The number of nitrogens with zero attached hydrogens (tertiary/aromatic N) is 3. The van der Waals surface area contributed by atoms with E-state index in [0.717, 1.165) is 11.8 Å². The first-order valence-electron chi connectivity index (χ1n) is 6.18. The number of rotatable bonds is 6. The number of nitrogens with one attached hydrogen (secondary N) is 1. The summed E-state index contributed by atoms with van der Waals surface area (Å²) in [5.74, 6) is -0.636. The second kappa shape index (κ2) is 6.75. The van der Waals surface area contributed by atoms with Gasteiger partial charge in [0.15, 0.2) is 5.82 Å². The highest BCUT2D eigenvalue weighted by molar-refractivity contribution is 8.00. The maximum absolute atomic E-state index is 11.0. The van der Waals surface area contributed by atoms with Crippen molar-refractivity contribution in [3.63, 3.8) is 0 Å². The molecule has 1 unspecified atom stereocenters. The predicted octanol–water partition coefficient (Wildman–Crippen LogP) is 2.99. The van der Waals surface area contributed by atoms with Crippen LogP contribution in [-0.2, 0) is 4.79 Å². The molecule has 2 N–H and O–H groups in total. The molecule has 0 aliphatic heterocycles. The fraction of sp³-hybridized carbons (Fsp3) is 0.250. The number of halogens is 1. The van der Waals surface area contributed by atoms with Gasteiger partial charge in [0.2, 0.25) is 5.16 Å². The Bertz CT molecular complexity index is 721. The largest absolute Gasteiger partial charge is 0.480 e. The zero-order valence-electron chi connectivity index (χ0n) is 11.3. The first-order valence-corrected chi connectivity index (χ1v) is 7.44. The van der Waals surface area contributed by atoms with Crippen molar-refractivity contribution < 1.29 is 14.8 Å². The van der Waals surface area contributed by atoms with Crippen molar-refractivity contribution in [1.82, 2.24) is 15.2 Å². The molecule has 1 aromatic carbocycles. The summed E-state index contributed by atoms with van der Waals surface area (Å²) in [5, 5.41) is 26.1. The summed E-state index contributed by atoms with van der Waals surface area (Å²) in [4.78, 5) is 25.4. The summed E-state index contributed by atoms with van der Waals surface area (Å²) in [6, 6.07) is 4.25. The van der Waals surface area contributed by atoms with E-state index in [0.29, 0.717) is 17.8 Å². The van der Waals surface area contributed by atoms with Gasteiger partial charge in [0, 0.05) is 11.6 Å². The zero-order valence-corrected chi connectivity index (χ0v) is 12.9. The van der Waals surface area contributed by atoms with Crippen LogP contribution in [0.5, 0.6) is 0 Å². The van der Waals surface area contributed by atoms with Crippen LogP contribution in [0.25, 0.3) is 11.4 Å². The summed E-state index contributed by atoms with van der Waals surface area (Å²) in [6.07, 6.45) is 0.427. The molecule has 2 aromatic rings. The molecule has 0 aliphatic carbocycles. The molecule has 8 nitrogen and oxygen atoms in total. The van der Waals surface area contributed by atoms with E-state index in [-0.39, 0.29) is 15.9 Å². The van der Waals surface area contributed by atoms with E-state index in [2.05, 4.69) is 15.2 Å². The number of carbonyl (C=O) groups is 1. The number of aromatic amines is 1. The molecule has 0 saturated carbocycles. The van der Waals surface area contributed by atoms with Crippen LogP contribution >= 0.6 is 23.4 Å². The fourth-order valence-electron chi connectivity index (χ4n) is 1.66. The Hall–Kier alpha value is -2.13. The summed E-state index contributed by atoms with van der Waals surface area (Å²) in [5.41, 5.74) is 0.209. The molecule has 1 atom stereocenters. The second-order valence-electron chi connectivity index (χ2n) is 4.24. The number of hydrogen-bond acceptors (Lipinski definition) is 6. The Balaban J connectivity index is 2.26. The van der Waals surface area contributed by atoms with Crippen molar-refractivity contribution in [2.24, 2.45) is 0 Å². The van der Waals surface area contributed by atoms with E-state index >= 15 is 0 Å². The lowest BCUT2D eigenvalue weighted by Crippen LogP contribution is -2.14. The lowest BCUT2D eigenvalue weighted by molar-refractivity contribution is -0.384. The van der Waals surface area contributed by atoms with Crippen LogP contribution in [0.15, 0.2) is 23.4 Å². The first kappa shape index (κ1) is 16.2. The number of nitro groups is 1. The quantitative estimate of drug-likeness (QED) is 0.470. The van der Waals surface area contributed by atoms with Crippen molar-refractivity contribution in [2.75, 3.05) is 0 Å². The number of nitro benzene ring substituents is 1. The summed E-state index contributed by atoms with van der Waals surface area (Å²) in [6.45, 7) is 1.75. The topological polar surface area (TPSA) is 122 Å². The molecule has 2 rings (SSSR count). The van der Waals surface area contributed by atoms with Crippen molar-refractivity contribution in [3.05, 3.63) is 33.3 Å². The van der Waals surface area contributed by atoms with Crippen LogP contribution in [0.2, 0.25) is 5.02 Å². The molecule has 0 aliphatic rings. The van der Waals surface area contributed by atoms with Gasteiger partial charge in [-0.1, -0.05) is 30.3 Å². The standard InChI is InChI=1S/C12H11ClN4O4S/c1-2-9(11(18)19)22-12-14-10(15-16-12)6-3-4-7(13)8(5-6)17(20)21/h3-5,9H,2H2,1H3,(H,18,19)(H,14,15,16). The lowest BCUT2D eigenvalue weighted by atomic mass is 10.2. The number of aliphatic carboxylic acids is 1. The van der Waals surface area contributed by atoms with Crippen molar-refractivity contribution >= 4 is 35.0 Å². The highest BCUT2D eigenvalue weighted by Gasteiger charge is 2.20. The summed E-state index contributed by atoms with van der Waals surface area (Å²) >= 11 is 6.76. The van der Waals surface area contributed by atoms with Crippen LogP contribution in [0.3, 0.4) is 0 Å². The van der Waals surface area contributed by atoms with Gasteiger partial charge in [0.05, 0.1) is 4.92 Å². The van der Waals surface area contributed by atoms with Crippen LogP contribution in [0.4, 0.5) is 5.69 Å². The highest BCUT2D eigenvalue weighted by atomic mass is 35.5. The molecule has 1 heterocycles. The molecular formula is C12H11ClN4O4S. The summed E-state index contributed by atoms with van der Waals surface area (Å²) in [7, 11) is 0. The van der Waals surface area contributed by atoms with E-state index in [1.54, 1.807) is 13.0 Å². The Labute approximate surface area is 134 Å². The number of carboxylic acids is 1. The monoisotopic (exact) mass is 342 g/mol. The van der Waals surface area contributed by atoms with E-state index < -0.39 is 16.1 Å². The molecule has 0 spiro atoms. The Morgan fingerprint density at radius 3 is 2.91 bits per heavy atom. The van der Waals surface area contributed by atoms with Gasteiger partial charge in [0.25, 0.3) is 5.69 Å². The van der Waals surface area contributed by atoms with Gasteiger partial charge in [-0.3, -0.25) is 20.0 Å². The van der Waals surface area contributed by atoms with Gasteiger partial charge in [-0.15, -0.1) is 5.10 Å². The number of H-pyrrole nitrogens is 1. The average Bonchev–Trinajstić information content (AvgIpc) is 2.93. The van der Waals surface area contributed by atoms with Crippen molar-refractivity contribution in [3.8, 4) is 11.4 Å². The Morgan fingerprint density at radius 2 is 2.32 bits per heavy atom. The minimum Gasteiger partial charge on any atom is -0.480 e. The maximum Gasteiger partial charge on any atom is 0.317 e. The van der Waals surface area contributed by atoms with Gasteiger partial charge >= 0.3 is 5.97 Å². The summed E-state index contributed by atoms with van der Waals surface area (Å²) < 4.78 is 0. The molecule has 0 amide bonds. The van der Waals surface area contributed by atoms with Gasteiger partial charge in [0.1, 0.15) is 10.3 Å². The van der Waals surface area contributed by atoms with Crippen LogP contribution < -0.4 is 0 Å².